The minimum absolute atomic E-state index is 0.160. The number of hydrogen-bond donors (Lipinski definition) is 2. The fraction of sp³-hybridized carbons (Fsp3) is 0.800. The summed E-state index contributed by atoms with van der Waals surface area (Å²) in [4.78, 5) is 22.7. The van der Waals surface area contributed by atoms with Crippen LogP contribution in [-0.2, 0) is 9.59 Å². The monoisotopic (exact) mass is 470 g/mol. The molecule has 4 heteroatoms. The minimum atomic E-state index is -0.813. The van der Waals surface area contributed by atoms with E-state index in [2.05, 4.69) is 34.3 Å². The second-order valence-electron chi connectivity index (χ2n) is 13.1. The van der Waals surface area contributed by atoms with Crippen molar-refractivity contribution in [3.63, 3.8) is 0 Å². The molecule has 4 aliphatic rings. The second kappa shape index (κ2) is 8.52. The number of hydrogen-bond acceptors (Lipinski definition) is 2. The van der Waals surface area contributed by atoms with Crippen LogP contribution in [0.15, 0.2) is 23.8 Å². The van der Waals surface area contributed by atoms with Gasteiger partial charge in [0.15, 0.2) is 0 Å². The largest absolute Gasteiger partial charge is 0.481 e. The van der Waals surface area contributed by atoms with Crippen LogP contribution in [0.3, 0.4) is 0 Å². The van der Waals surface area contributed by atoms with E-state index in [1.165, 1.54) is 50.5 Å². The zero-order valence-corrected chi connectivity index (χ0v) is 22.1. The Labute approximate surface area is 206 Å². The van der Waals surface area contributed by atoms with Gasteiger partial charge in [-0.25, -0.2) is 4.79 Å². The fourth-order valence-electron chi connectivity index (χ4n) is 10.1. The van der Waals surface area contributed by atoms with Crippen LogP contribution >= 0.6 is 0 Å². The van der Waals surface area contributed by atoms with Gasteiger partial charge in [0.2, 0.25) is 0 Å². The number of fused-ring (bicyclic) bond motifs is 2. The summed E-state index contributed by atoms with van der Waals surface area (Å²) in [5.41, 5.74) is 2.81. The zero-order chi connectivity index (χ0) is 25.1. The van der Waals surface area contributed by atoms with Gasteiger partial charge in [-0.05, 0) is 123 Å². The molecule has 8 atom stereocenters. The van der Waals surface area contributed by atoms with Gasteiger partial charge in [0.1, 0.15) is 0 Å². The van der Waals surface area contributed by atoms with Crippen molar-refractivity contribution in [2.45, 2.75) is 105 Å². The lowest BCUT2D eigenvalue weighted by atomic mass is 9.43. The standard InChI is InChI=1S/C30H46O4/c1-19(2)22-10-11-24-28(6)14-12-23(20(3)8-7-9-21(4)26(33)34)27(28,5)16-17-30(24)18-29(22,30)15-13-25(31)32/h9,20,22-24H,1,7-8,10-18H2,2-6H3,(H,31,32)(H,33,34)/b21-9-/t20-,22?,23-,24+,27-,28+,29-,30+/m1/s1. The van der Waals surface area contributed by atoms with Crippen LogP contribution in [0.5, 0.6) is 0 Å². The van der Waals surface area contributed by atoms with Crippen molar-refractivity contribution >= 4 is 11.9 Å². The topological polar surface area (TPSA) is 74.6 Å². The fourth-order valence-corrected chi connectivity index (χ4v) is 10.1. The molecule has 0 aromatic rings. The molecule has 0 radical (unpaired) electrons. The molecule has 1 spiro atoms. The Bertz CT molecular complexity index is 903. The molecule has 0 saturated heterocycles. The van der Waals surface area contributed by atoms with E-state index in [1.54, 1.807) is 6.92 Å². The van der Waals surface area contributed by atoms with Crippen molar-refractivity contribution in [1.29, 1.82) is 0 Å². The third-order valence-electron chi connectivity index (χ3n) is 12.0. The molecule has 4 nitrogen and oxygen atoms in total. The van der Waals surface area contributed by atoms with Crippen molar-refractivity contribution in [3.8, 4) is 0 Å². The summed E-state index contributed by atoms with van der Waals surface area (Å²) in [5.74, 6) is 0.964. The normalized spacial score (nSPS) is 43.9. The van der Waals surface area contributed by atoms with Gasteiger partial charge in [0.25, 0.3) is 0 Å². The predicted molar refractivity (Wildman–Crippen MR) is 135 cm³/mol. The van der Waals surface area contributed by atoms with Crippen molar-refractivity contribution in [2.75, 3.05) is 0 Å². The SMILES string of the molecule is C=C(C)C1CC[C@@H]2[C@]3(CC[C@]4(C)[C@@H]([C@H](C)CC/C=C(/C)C(=O)O)CC[C@@]24C)C[C@]13CCC(=O)O. The third-order valence-corrected chi connectivity index (χ3v) is 12.0. The number of rotatable bonds is 9. The minimum Gasteiger partial charge on any atom is -0.481 e. The molecule has 190 valence electrons. The van der Waals surface area contributed by atoms with Crippen LogP contribution in [0.1, 0.15) is 105 Å². The lowest BCUT2D eigenvalue weighted by Gasteiger charge is -2.61. The molecule has 2 N–H and O–H groups in total. The molecule has 0 amide bonds. The van der Waals surface area contributed by atoms with Crippen molar-refractivity contribution in [2.24, 2.45) is 45.3 Å². The lowest BCUT2D eigenvalue weighted by molar-refractivity contribution is -0.139. The van der Waals surface area contributed by atoms with E-state index >= 15 is 0 Å². The summed E-state index contributed by atoms with van der Waals surface area (Å²) < 4.78 is 0. The highest BCUT2D eigenvalue weighted by Crippen LogP contribution is 2.87. The van der Waals surface area contributed by atoms with E-state index in [4.69, 9.17) is 5.11 Å². The molecule has 4 aliphatic carbocycles. The predicted octanol–water partition coefficient (Wildman–Crippen LogP) is 7.49. The number of carboxylic acid groups (broad SMARTS) is 2. The van der Waals surface area contributed by atoms with Gasteiger partial charge in [0, 0.05) is 12.0 Å². The summed E-state index contributed by atoms with van der Waals surface area (Å²) in [6.07, 6.45) is 13.6. The van der Waals surface area contributed by atoms with Gasteiger partial charge in [0.05, 0.1) is 0 Å². The van der Waals surface area contributed by atoms with Gasteiger partial charge in [-0.2, -0.15) is 0 Å². The number of carboxylic acids is 2. The summed E-state index contributed by atoms with van der Waals surface area (Å²) in [6.45, 7) is 15.8. The Morgan fingerprint density at radius 2 is 1.76 bits per heavy atom. The maximum Gasteiger partial charge on any atom is 0.330 e. The first kappa shape index (κ1) is 25.5. The maximum absolute atomic E-state index is 11.6. The molecule has 0 aromatic heterocycles. The Balaban J connectivity index is 1.56. The maximum atomic E-state index is 11.6. The van der Waals surface area contributed by atoms with E-state index in [-0.39, 0.29) is 11.8 Å². The van der Waals surface area contributed by atoms with Crippen LogP contribution in [0.25, 0.3) is 0 Å². The average Bonchev–Trinajstić information content (AvgIpc) is 3.35. The van der Waals surface area contributed by atoms with E-state index in [1.807, 2.05) is 6.08 Å². The smallest absolute Gasteiger partial charge is 0.330 e. The lowest BCUT2D eigenvalue weighted by Crippen LogP contribution is -2.54. The molecule has 0 aliphatic heterocycles. The van der Waals surface area contributed by atoms with Gasteiger partial charge >= 0.3 is 11.9 Å². The molecule has 0 aromatic carbocycles. The van der Waals surface area contributed by atoms with Gasteiger partial charge < -0.3 is 10.2 Å². The molecule has 0 heterocycles. The third kappa shape index (κ3) is 3.53. The highest BCUT2D eigenvalue weighted by Gasteiger charge is 2.80. The molecule has 34 heavy (non-hydrogen) atoms. The zero-order valence-electron chi connectivity index (χ0n) is 22.1. The van der Waals surface area contributed by atoms with Crippen LogP contribution in [0, 0.1) is 45.3 Å². The van der Waals surface area contributed by atoms with E-state index < -0.39 is 11.9 Å². The van der Waals surface area contributed by atoms with Gasteiger partial charge in [-0.1, -0.05) is 39.0 Å². The van der Waals surface area contributed by atoms with Crippen molar-refractivity contribution in [3.05, 3.63) is 23.8 Å². The van der Waals surface area contributed by atoms with Crippen LogP contribution in [0.2, 0.25) is 0 Å². The average molecular weight is 471 g/mol. The van der Waals surface area contributed by atoms with Crippen LogP contribution in [0.4, 0.5) is 0 Å². The molecule has 0 bridgehead atoms. The van der Waals surface area contributed by atoms with Gasteiger partial charge in [-0.15, -0.1) is 0 Å². The number of aliphatic carboxylic acids is 2. The molecule has 4 fully saturated rings. The first-order valence-corrected chi connectivity index (χ1v) is 13.6. The summed E-state index contributed by atoms with van der Waals surface area (Å²) in [5, 5.41) is 18.7. The van der Waals surface area contributed by atoms with E-state index in [0.29, 0.717) is 45.5 Å². The highest BCUT2D eigenvalue weighted by atomic mass is 16.4. The second-order valence-corrected chi connectivity index (χ2v) is 13.1. The highest BCUT2D eigenvalue weighted by molar-refractivity contribution is 5.85. The van der Waals surface area contributed by atoms with Gasteiger partial charge in [-0.3, -0.25) is 4.79 Å². The molecular weight excluding hydrogens is 424 g/mol. The molecule has 4 rings (SSSR count). The van der Waals surface area contributed by atoms with Crippen molar-refractivity contribution in [1.82, 2.24) is 0 Å². The number of carbonyl (C=O) groups is 2. The van der Waals surface area contributed by atoms with Crippen molar-refractivity contribution < 1.29 is 19.8 Å². The molecular formula is C30H46O4. The Morgan fingerprint density at radius 3 is 2.38 bits per heavy atom. The number of allylic oxidation sites excluding steroid dienone is 2. The van der Waals surface area contributed by atoms with E-state index in [9.17, 15) is 14.7 Å². The first-order valence-electron chi connectivity index (χ1n) is 13.6. The Kier molecular flexibility index (Phi) is 6.39. The summed E-state index contributed by atoms with van der Waals surface area (Å²) >= 11 is 0. The van der Waals surface area contributed by atoms with E-state index in [0.717, 1.165) is 19.3 Å². The van der Waals surface area contributed by atoms with Crippen LogP contribution in [-0.4, -0.2) is 22.2 Å². The van der Waals surface area contributed by atoms with Crippen LogP contribution < -0.4 is 0 Å². The molecule has 4 saturated carbocycles. The Hall–Kier alpha value is -1.58. The first-order chi connectivity index (χ1) is 15.8. The quantitative estimate of drug-likeness (QED) is 0.270. The molecule has 1 unspecified atom stereocenters. The summed E-state index contributed by atoms with van der Waals surface area (Å²) in [6, 6.07) is 0. The Morgan fingerprint density at radius 1 is 1.06 bits per heavy atom. The summed E-state index contributed by atoms with van der Waals surface area (Å²) in [7, 11) is 0.